The van der Waals surface area contributed by atoms with Crippen LogP contribution in [0, 0.1) is 12.8 Å². The van der Waals surface area contributed by atoms with Crippen molar-refractivity contribution in [3.05, 3.63) is 52.8 Å². The molecule has 0 saturated carbocycles. The van der Waals surface area contributed by atoms with Gasteiger partial charge in [-0.1, -0.05) is 18.2 Å². The minimum atomic E-state index is -1.16. The van der Waals surface area contributed by atoms with Crippen LogP contribution in [0.4, 0.5) is 0 Å². The first-order valence-electron chi connectivity index (χ1n) is 9.05. The maximum atomic E-state index is 12.3. The van der Waals surface area contributed by atoms with Gasteiger partial charge in [0.1, 0.15) is 5.75 Å². The molecule has 1 aliphatic rings. The summed E-state index contributed by atoms with van der Waals surface area (Å²) in [7, 11) is 1.28. The molecule has 0 spiro atoms. The highest BCUT2D eigenvalue weighted by atomic mass is 16.6. The van der Waals surface area contributed by atoms with Crippen LogP contribution in [0.2, 0.25) is 0 Å². The smallest absolute Gasteiger partial charge is 0.309 e. The lowest BCUT2D eigenvalue weighted by molar-refractivity contribution is -0.145. The van der Waals surface area contributed by atoms with Gasteiger partial charge in [0.15, 0.2) is 0 Å². The van der Waals surface area contributed by atoms with E-state index >= 15 is 0 Å². The second-order valence-electron chi connectivity index (χ2n) is 6.57. The number of ether oxygens (including phenoxy) is 3. The molecule has 0 aliphatic carbocycles. The number of allylic oxidation sites excluding steroid dienone is 1. The molecule has 0 fully saturated rings. The minimum Gasteiger partial charge on any atom is -0.508 e. The molecule has 28 heavy (non-hydrogen) atoms. The summed E-state index contributed by atoms with van der Waals surface area (Å²) in [4.78, 5) is 24.0. The van der Waals surface area contributed by atoms with Crippen LogP contribution >= 0.6 is 0 Å². The van der Waals surface area contributed by atoms with Gasteiger partial charge in [0, 0.05) is 17.9 Å². The number of benzene rings is 1. The van der Waals surface area contributed by atoms with E-state index in [0.29, 0.717) is 17.6 Å². The first-order chi connectivity index (χ1) is 13.3. The van der Waals surface area contributed by atoms with E-state index < -0.39 is 24.1 Å². The summed E-state index contributed by atoms with van der Waals surface area (Å²) < 4.78 is 15.2. The Labute approximate surface area is 164 Å². The fraction of sp³-hybridized carbons (Fsp3) is 0.429. The van der Waals surface area contributed by atoms with Gasteiger partial charge in [-0.3, -0.25) is 9.59 Å². The van der Waals surface area contributed by atoms with Crippen LogP contribution in [0.15, 0.2) is 41.7 Å². The lowest BCUT2D eigenvalue weighted by Crippen LogP contribution is -2.29. The first kappa shape index (κ1) is 21.5. The molecule has 0 amide bonds. The lowest BCUT2D eigenvalue weighted by Gasteiger charge is -2.29. The Kier molecular flexibility index (Phi) is 7.63. The largest absolute Gasteiger partial charge is 0.508 e. The summed E-state index contributed by atoms with van der Waals surface area (Å²) in [6.07, 6.45) is 2.29. The van der Waals surface area contributed by atoms with E-state index in [-0.39, 0.29) is 25.2 Å². The number of phenolic OH excluding ortho intramolecular Hbond substituents is 1. The molecule has 1 aromatic carbocycles. The highest BCUT2D eigenvalue weighted by Crippen LogP contribution is 2.34. The van der Waals surface area contributed by atoms with E-state index in [1.54, 1.807) is 32.1 Å². The second kappa shape index (κ2) is 9.94. The molecule has 2 atom stereocenters. The zero-order chi connectivity index (χ0) is 20.7. The summed E-state index contributed by atoms with van der Waals surface area (Å²) in [5, 5.41) is 19.6. The van der Waals surface area contributed by atoms with Crippen LogP contribution in [0.25, 0.3) is 0 Å². The maximum absolute atomic E-state index is 12.3. The number of rotatable bonds is 7. The SMILES string of the molecule is C/C=C1/[C@H](O)OC=C(CC(=O)OC)[C@H]1CC(=O)OCCc1ccc(O)c(C)c1. The number of carbonyl (C=O) groups is 2. The molecule has 152 valence electrons. The summed E-state index contributed by atoms with van der Waals surface area (Å²) in [6.45, 7) is 3.72. The summed E-state index contributed by atoms with van der Waals surface area (Å²) >= 11 is 0. The number of aromatic hydroxyl groups is 1. The first-order valence-corrected chi connectivity index (χ1v) is 9.05. The Bertz CT molecular complexity index is 779. The van der Waals surface area contributed by atoms with Gasteiger partial charge in [-0.2, -0.15) is 0 Å². The van der Waals surface area contributed by atoms with Crippen molar-refractivity contribution in [3.63, 3.8) is 0 Å². The van der Waals surface area contributed by atoms with Gasteiger partial charge in [-0.25, -0.2) is 0 Å². The molecule has 7 nitrogen and oxygen atoms in total. The van der Waals surface area contributed by atoms with Gasteiger partial charge in [0.05, 0.1) is 32.8 Å². The molecule has 1 aliphatic heterocycles. The third kappa shape index (κ3) is 5.60. The summed E-state index contributed by atoms with van der Waals surface area (Å²) in [5.74, 6) is -1.16. The molecule has 0 radical (unpaired) electrons. The summed E-state index contributed by atoms with van der Waals surface area (Å²) in [6, 6.07) is 5.23. The van der Waals surface area contributed by atoms with Crippen LogP contribution in [0.5, 0.6) is 5.75 Å². The van der Waals surface area contributed by atoms with Gasteiger partial charge >= 0.3 is 11.9 Å². The number of phenols is 1. The maximum Gasteiger partial charge on any atom is 0.309 e. The lowest BCUT2D eigenvalue weighted by atomic mass is 9.85. The number of aryl methyl sites for hydroxylation is 1. The standard InChI is InChI=1S/C21H26O7/c1-4-16-17(15(10-19(23)26-3)12-28-21(16)25)11-20(24)27-8-7-14-5-6-18(22)13(2)9-14/h4-6,9,12,17,21-22,25H,7-8,10-11H2,1-3H3/b16-4+/t17-,21-/m1/s1. The monoisotopic (exact) mass is 390 g/mol. The van der Waals surface area contributed by atoms with Gasteiger partial charge in [0.2, 0.25) is 6.29 Å². The van der Waals surface area contributed by atoms with Crippen molar-refractivity contribution in [2.75, 3.05) is 13.7 Å². The Morgan fingerprint density at radius 3 is 2.68 bits per heavy atom. The van der Waals surface area contributed by atoms with Crippen molar-refractivity contribution < 1.29 is 34.0 Å². The molecule has 0 aromatic heterocycles. The molecular weight excluding hydrogens is 364 g/mol. The third-order valence-electron chi connectivity index (χ3n) is 4.68. The third-order valence-corrected chi connectivity index (χ3v) is 4.68. The van der Waals surface area contributed by atoms with E-state index in [1.165, 1.54) is 13.4 Å². The quantitative estimate of drug-likeness (QED) is 0.545. The molecule has 2 N–H and O–H groups in total. The predicted octanol–water partition coefficient (Wildman–Crippen LogP) is 2.53. The Morgan fingerprint density at radius 2 is 2.04 bits per heavy atom. The number of methoxy groups -OCH3 is 1. The van der Waals surface area contributed by atoms with Crippen molar-refractivity contribution >= 4 is 11.9 Å². The Morgan fingerprint density at radius 1 is 1.29 bits per heavy atom. The van der Waals surface area contributed by atoms with Crippen molar-refractivity contribution in [1.82, 2.24) is 0 Å². The van der Waals surface area contributed by atoms with E-state index in [0.717, 1.165) is 11.1 Å². The van der Waals surface area contributed by atoms with Crippen LogP contribution in [-0.4, -0.2) is 42.2 Å². The number of aliphatic hydroxyl groups is 1. The van der Waals surface area contributed by atoms with Gasteiger partial charge in [-0.15, -0.1) is 0 Å². The number of aliphatic hydroxyl groups excluding tert-OH is 1. The van der Waals surface area contributed by atoms with Crippen LogP contribution in [-0.2, 0) is 30.2 Å². The van der Waals surface area contributed by atoms with Crippen LogP contribution in [0.1, 0.15) is 30.9 Å². The molecule has 2 rings (SSSR count). The van der Waals surface area contributed by atoms with Gasteiger partial charge in [-0.05, 0) is 36.6 Å². The Hall–Kier alpha value is -2.80. The fourth-order valence-electron chi connectivity index (χ4n) is 3.08. The topological polar surface area (TPSA) is 102 Å². The van der Waals surface area contributed by atoms with Gasteiger partial charge < -0.3 is 24.4 Å². The Balaban J connectivity index is 1.97. The molecule has 1 heterocycles. The molecular formula is C21H26O7. The number of hydrogen-bond acceptors (Lipinski definition) is 7. The van der Waals surface area contributed by atoms with Crippen LogP contribution in [0.3, 0.4) is 0 Å². The highest BCUT2D eigenvalue weighted by Gasteiger charge is 2.32. The van der Waals surface area contributed by atoms with E-state index in [2.05, 4.69) is 4.74 Å². The highest BCUT2D eigenvalue weighted by molar-refractivity contribution is 5.74. The molecule has 7 heteroatoms. The van der Waals surface area contributed by atoms with Crippen LogP contribution < -0.4 is 0 Å². The number of hydrogen-bond donors (Lipinski definition) is 2. The van der Waals surface area contributed by atoms with Crippen molar-refractivity contribution in [3.8, 4) is 5.75 Å². The van der Waals surface area contributed by atoms with E-state index in [1.807, 2.05) is 6.07 Å². The van der Waals surface area contributed by atoms with Crippen molar-refractivity contribution in [1.29, 1.82) is 0 Å². The van der Waals surface area contributed by atoms with E-state index in [9.17, 15) is 19.8 Å². The number of carbonyl (C=O) groups excluding carboxylic acids is 2. The zero-order valence-corrected chi connectivity index (χ0v) is 16.3. The van der Waals surface area contributed by atoms with E-state index in [4.69, 9.17) is 9.47 Å². The zero-order valence-electron chi connectivity index (χ0n) is 16.3. The predicted molar refractivity (Wildman–Crippen MR) is 101 cm³/mol. The average Bonchev–Trinajstić information content (AvgIpc) is 2.66. The molecule has 0 unspecified atom stereocenters. The van der Waals surface area contributed by atoms with Crippen molar-refractivity contribution in [2.24, 2.45) is 5.92 Å². The minimum absolute atomic E-state index is 0.0163. The second-order valence-corrected chi connectivity index (χ2v) is 6.57. The molecule has 1 aromatic rings. The molecule has 0 saturated heterocycles. The fourth-order valence-corrected chi connectivity index (χ4v) is 3.08. The number of esters is 2. The average molecular weight is 390 g/mol. The molecule has 0 bridgehead atoms. The normalized spacial score (nSPS) is 20.3. The summed E-state index contributed by atoms with van der Waals surface area (Å²) in [5.41, 5.74) is 2.77. The van der Waals surface area contributed by atoms with Gasteiger partial charge in [0.25, 0.3) is 0 Å². The van der Waals surface area contributed by atoms with Crippen molar-refractivity contribution in [2.45, 2.75) is 39.4 Å².